The van der Waals surface area contributed by atoms with E-state index < -0.39 is 0 Å². The summed E-state index contributed by atoms with van der Waals surface area (Å²) in [5, 5.41) is 4.45. The third-order valence-electron chi connectivity index (χ3n) is 1.76. The fourth-order valence-electron chi connectivity index (χ4n) is 1.07. The predicted molar refractivity (Wildman–Crippen MR) is 51.5 cm³/mol. The first-order valence-electron chi connectivity index (χ1n) is 4.28. The Balaban J connectivity index is 2.29. The Kier molecular flexibility index (Phi) is 4.02. The molecule has 1 aromatic rings. The second-order valence-electron chi connectivity index (χ2n) is 2.87. The largest absolute Gasteiger partial charge is 0.381 e. The fraction of sp³-hybridized carbons (Fsp3) is 0.625. The molecule has 1 rings (SSSR count). The molecule has 2 N–H and O–H groups in total. The van der Waals surface area contributed by atoms with Crippen molar-refractivity contribution in [2.45, 2.75) is 25.8 Å². The molecule has 0 aliphatic rings. The number of alkyl halides is 1. The van der Waals surface area contributed by atoms with Gasteiger partial charge in [-0.2, -0.15) is 5.10 Å². The van der Waals surface area contributed by atoms with E-state index in [0.29, 0.717) is 17.3 Å². The lowest BCUT2D eigenvalue weighted by atomic mass is 10.2. The molecule has 0 saturated heterocycles. The van der Waals surface area contributed by atoms with Crippen molar-refractivity contribution < 1.29 is 4.39 Å². The number of halogens is 2. The number of nitrogens with two attached hydrogens (primary N) is 1. The lowest BCUT2D eigenvalue weighted by Gasteiger charge is -1.98. The van der Waals surface area contributed by atoms with Crippen molar-refractivity contribution >= 4 is 17.4 Å². The van der Waals surface area contributed by atoms with Gasteiger partial charge in [-0.15, -0.1) is 0 Å². The molecule has 0 fully saturated rings. The maximum atomic E-state index is 11.7. The van der Waals surface area contributed by atoms with Gasteiger partial charge in [0.05, 0.1) is 6.67 Å². The second-order valence-corrected chi connectivity index (χ2v) is 3.28. The molecule has 74 valence electrons. The molecule has 3 nitrogen and oxygen atoms in total. The van der Waals surface area contributed by atoms with E-state index >= 15 is 0 Å². The van der Waals surface area contributed by atoms with E-state index in [0.717, 1.165) is 19.4 Å². The van der Waals surface area contributed by atoms with Gasteiger partial charge >= 0.3 is 0 Å². The van der Waals surface area contributed by atoms with Crippen LogP contribution in [-0.2, 0) is 6.54 Å². The molecule has 0 atom stereocenters. The highest BCUT2D eigenvalue weighted by Gasteiger charge is 2.01. The molecule has 1 heterocycles. The standard InChI is InChI=1S/C8H13ClFN3/c9-7-6-13(12-8(7)11)5-3-1-2-4-10/h6H,1-5H2,(H2,11,12). The van der Waals surface area contributed by atoms with Crippen LogP contribution >= 0.6 is 11.6 Å². The third kappa shape index (κ3) is 3.22. The lowest BCUT2D eigenvalue weighted by molar-refractivity contribution is 0.443. The van der Waals surface area contributed by atoms with Crippen LogP contribution in [0.5, 0.6) is 0 Å². The molecule has 0 aliphatic carbocycles. The summed E-state index contributed by atoms with van der Waals surface area (Å²) in [7, 11) is 0. The number of hydrogen-bond donors (Lipinski definition) is 1. The summed E-state index contributed by atoms with van der Waals surface area (Å²) in [5.41, 5.74) is 5.45. The number of aromatic nitrogens is 2. The summed E-state index contributed by atoms with van der Waals surface area (Å²) in [5.74, 6) is 0.354. The first kappa shape index (κ1) is 10.3. The summed E-state index contributed by atoms with van der Waals surface area (Å²) in [4.78, 5) is 0. The lowest BCUT2D eigenvalue weighted by Crippen LogP contribution is -1.99. The van der Waals surface area contributed by atoms with Gasteiger partial charge in [-0.05, 0) is 19.3 Å². The van der Waals surface area contributed by atoms with E-state index in [9.17, 15) is 4.39 Å². The van der Waals surface area contributed by atoms with Crippen LogP contribution in [0.25, 0.3) is 0 Å². The van der Waals surface area contributed by atoms with Gasteiger partial charge in [-0.3, -0.25) is 9.07 Å². The monoisotopic (exact) mass is 205 g/mol. The maximum absolute atomic E-state index is 11.7. The van der Waals surface area contributed by atoms with Crippen molar-refractivity contribution in [3.63, 3.8) is 0 Å². The highest BCUT2D eigenvalue weighted by Crippen LogP contribution is 2.15. The number of nitrogen functional groups attached to an aromatic ring is 1. The quantitative estimate of drug-likeness (QED) is 0.750. The first-order valence-corrected chi connectivity index (χ1v) is 4.66. The molecule has 0 bridgehead atoms. The van der Waals surface area contributed by atoms with Crippen molar-refractivity contribution in [1.82, 2.24) is 9.78 Å². The molecule has 0 unspecified atom stereocenters. The Morgan fingerprint density at radius 3 is 2.77 bits per heavy atom. The van der Waals surface area contributed by atoms with Crippen LogP contribution in [-0.4, -0.2) is 16.5 Å². The van der Waals surface area contributed by atoms with E-state index in [4.69, 9.17) is 17.3 Å². The number of rotatable bonds is 5. The van der Waals surface area contributed by atoms with Crippen LogP contribution in [0.4, 0.5) is 10.2 Å². The van der Waals surface area contributed by atoms with Crippen LogP contribution in [0.3, 0.4) is 0 Å². The zero-order valence-corrected chi connectivity index (χ0v) is 8.10. The molecule has 0 radical (unpaired) electrons. The molecule has 0 spiro atoms. The van der Waals surface area contributed by atoms with Gasteiger partial charge in [0.1, 0.15) is 5.02 Å². The molecule has 1 aromatic heterocycles. The predicted octanol–water partition coefficient (Wildman–Crippen LogP) is 2.26. The summed E-state index contributed by atoms with van der Waals surface area (Å²) >= 11 is 5.70. The molecule has 0 amide bonds. The maximum Gasteiger partial charge on any atom is 0.164 e. The minimum absolute atomic E-state index is 0.248. The fourth-order valence-corrected chi connectivity index (χ4v) is 1.22. The minimum atomic E-state index is -0.248. The van der Waals surface area contributed by atoms with Gasteiger partial charge in [0.25, 0.3) is 0 Å². The van der Waals surface area contributed by atoms with Crippen molar-refractivity contribution in [2.75, 3.05) is 12.4 Å². The number of anilines is 1. The first-order chi connectivity index (χ1) is 6.24. The Bertz CT molecular complexity index is 242. The van der Waals surface area contributed by atoms with Gasteiger partial charge < -0.3 is 5.73 Å². The van der Waals surface area contributed by atoms with Crippen molar-refractivity contribution in [1.29, 1.82) is 0 Å². The average molecular weight is 206 g/mol. The van der Waals surface area contributed by atoms with Crippen molar-refractivity contribution in [3.8, 4) is 0 Å². The minimum Gasteiger partial charge on any atom is -0.381 e. The zero-order chi connectivity index (χ0) is 9.68. The number of unbranched alkanes of at least 4 members (excludes halogenated alkanes) is 2. The van der Waals surface area contributed by atoms with E-state index in [1.165, 1.54) is 0 Å². The summed E-state index contributed by atoms with van der Waals surface area (Å²) in [6.07, 6.45) is 4.08. The molecular formula is C8H13ClFN3. The van der Waals surface area contributed by atoms with Crippen LogP contribution < -0.4 is 5.73 Å². The van der Waals surface area contributed by atoms with Gasteiger partial charge in [0, 0.05) is 12.7 Å². The van der Waals surface area contributed by atoms with E-state index in [1.807, 2.05) is 0 Å². The topological polar surface area (TPSA) is 43.8 Å². The van der Waals surface area contributed by atoms with Crippen LogP contribution in [0, 0.1) is 0 Å². The van der Waals surface area contributed by atoms with Gasteiger partial charge in [-0.1, -0.05) is 11.6 Å². The van der Waals surface area contributed by atoms with Crippen molar-refractivity contribution in [2.24, 2.45) is 0 Å². The van der Waals surface area contributed by atoms with E-state index in [-0.39, 0.29) is 6.67 Å². The Hall–Kier alpha value is -0.770. The number of aryl methyl sites for hydroxylation is 1. The molecule has 5 heteroatoms. The van der Waals surface area contributed by atoms with Crippen LogP contribution in [0.15, 0.2) is 6.20 Å². The Labute approximate surface area is 81.7 Å². The zero-order valence-electron chi connectivity index (χ0n) is 7.34. The summed E-state index contributed by atoms with van der Waals surface area (Å²) < 4.78 is 13.4. The molecule has 0 saturated carbocycles. The summed E-state index contributed by atoms with van der Waals surface area (Å²) in [6, 6.07) is 0. The molecule has 0 aliphatic heterocycles. The Morgan fingerprint density at radius 1 is 1.46 bits per heavy atom. The van der Waals surface area contributed by atoms with Gasteiger partial charge in [0.2, 0.25) is 0 Å². The highest BCUT2D eigenvalue weighted by atomic mass is 35.5. The average Bonchev–Trinajstić information content (AvgIpc) is 2.41. The van der Waals surface area contributed by atoms with Crippen molar-refractivity contribution in [3.05, 3.63) is 11.2 Å². The van der Waals surface area contributed by atoms with Crippen LogP contribution in [0.2, 0.25) is 5.02 Å². The number of nitrogens with zero attached hydrogens (tertiary/aromatic N) is 2. The third-order valence-corrected chi connectivity index (χ3v) is 2.06. The SMILES string of the molecule is Nc1nn(CCCCCF)cc1Cl. The number of hydrogen-bond acceptors (Lipinski definition) is 2. The van der Waals surface area contributed by atoms with E-state index in [1.54, 1.807) is 10.9 Å². The second kappa shape index (κ2) is 5.07. The highest BCUT2D eigenvalue weighted by molar-refractivity contribution is 6.32. The van der Waals surface area contributed by atoms with E-state index in [2.05, 4.69) is 5.10 Å². The Morgan fingerprint density at radius 2 is 2.23 bits per heavy atom. The van der Waals surface area contributed by atoms with Gasteiger partial charge in [-0.25, -0.2) is 0 Å². The normalized spacial score (nSPS) is 10.6. The molecule has 0 aromatic carbocycles. The smallest absolute Gasteiger partial charge is 0.164 e. The van der Waals surface area contributed by atoms with Gasteiger partial charge in [0.15, 0.2) is 5.82 Å². The summed E-state index contributed by atoms with van der Waals surface area (Å²) in [6.45, 7) is 0.499. The van der Waals surface area contributed by atoms with Crippen LogP contribution in [0.1, 0.15) is 19.3 Å². The molecular weight excluding hydrogens is 193 g/mol. The molecule has 13 heavy (non-hydrogen) atoms.